The molecule has 1 atom stereocenters. The van der Waals surface area contributed by atoms with Gasteiger partial charge in [0.2, 0.25) is 0 Å². The van der Waals surface area contributed by atoms with Crippen LogP contribution in [0.5, 0.6) is 0 Å². The first-order valence-electron chi connectivity index (χ1n) is 9.55. The van der Waals surface area contributed by atoms with Gasteiger partial charge < -0.3 is 0 Å². The zero-order chi connectivity index (χ0) is 19.8. The van der Waals surface area contributed by atoms with Crippen LogP contribution in [0.25, 0.3) is 11.4 Å². The van der Waals surface area contributed by atoms with Gasteiger partial charge in [0.15, 0.2) is 11.0 Å². The lowest BCUT2D eigenvalue weighted by Gasteiger charge is -2.19. The number of halogens is 2. The Morgan fingerprint density at radius 1 is 1.36 bits per heavy atom. The maximum Gasteiger partial charge on any atom is 0.192 e. The first kappa shape index (κ1) is 19.9. The number of aromatic nitrogens is 3. The maximum absolute atomic E-state index is 13.3. The van der Waals surface area contributed by atoms with Gasteiger partial charge in [-0.25, -0.2) is 4.39 Å². The summed E-state index contributed by atoms with van der Waals surface area (Å²) in [5.41, 5.74) is 3.59. The van der Waals surface area contributed by atoms with Crippen LogP contribution in [-0.4, -0.2) is 14.8 Å². The molecule has 3 nitrogen and oxygen atoms in total. The molecule has 0 radical (unpaired) electrons. The smallest absolute Gasteiger partial charge is 0.192 e. The Balaban J connectivity index is 1.63. The lowest BCUT2D eigenvalue weighted by molar-refractivity contribution is 0.507. The standard InChI is InChI=1S/C21H23ClFN3S2/c1-12(2)26-20(17-11-27-19-8-13(3)4-7-16(17)19)24-25-21(26)28-10-14-5-6-15(23)9-18(14)22/h5-6,9,11-13H,4,7-8,10H2,1-3H3. The predicted octanol–water partition coefficient (Wildman–Crippen LogP) is 6.80. The van der Waals surface area contributed by atoms with Gasteiger partial charge in [0.25, 0.3) is 0 Å². The maximum atomic E-state index is 13.3. The van der Waals surface area contributed by atoms with Crippen LogP contribution in [0.1, 0.15) is 49.2 Å². The van der Waals surface area contributed by atoms with Crippen molar-refractivity contribution in [2.24, 2.45) is 5.92 Å². The second-order valence-electron chi connectivity index (χ2n) is 7.69. The van der Waals surface area contributed by atoms with Crippen molar-refractivity contribution < 1.29 is 4.39 Å². The molecule has 2 heterocycles. The number of fused-ring (bicyclic) bond motifs is 1. The van der Waals surface area contributed by atoms with Crippen LogP contribution in [0.15, 0.2) is 28.7 Å². The average Bonchev–Trinajstić information content (AvgIpc) is 3.24. The molecule has 148 valence electrons. The van der Waals surface area contributed by atoms with E-state index in [0.29, 0.717) is 10.8 Å². The molecule has 1 aromatic carbocycles. The molecule has 0 saturated heterocycles. The van der Waals surface area contributed by atoms with E-state index < -0.39 is 0 Å². The van der Waals surface area contributed by atoms with Gasteiger partial charge >= 0.3 is 0 Å². The van der Waals surface area contributed by atoms with Crippen LogP contribution in [0.2, 0.25) is 5.02 Å². The first-order chi connectivity index (χ1) is 13.4. The van der Waals surface area contributed by atoms with E-state index >= 15 is 0 Å². The summed E-state index contributed by atoms with van der Waals surface area (Å²) in [4.78, 5) is 1.50. The highest BCUT2D eigenvalue weighted by molar-refractivity contribution is 7.98. The summed E-state index contributed by atoms with van der Waals surface area (Å²) >= 11 is 9.62. The van der Waals surface area contributed by atoms with Gasteiger partial charge in [-0.05, 0) is 62.3 Å². The Kier molecular flexibility index (Phi) is 5.81. The number of hydrogen-bond acceptors (Lipinski definition) is 4. The number of nitrogens with zero attached hydrogens (tertiary/aromatic N) is 3. The zero-order valence-corrected chi connectivity index (χ0v) is 18.6. The van der Waals surface area contributed by atoms with Crippen LogP contribution in [-0.2, 0) is 18.6 Å². The van der Waals surface area contributed by atoms with Gasteiger partial charge in [-0.1, -0.05) is 36.4 Å². The average molecular weight is 436 g/mol. The minimum Gasteiger partial charge on any atom is -0.299 e. The Morgan fingerprint density at radius 2 is 2.18 bits per heavy atom. The third kappa shape index (κ3) is 3.87. The zero-order valence-electron chi connectivity index (χ0n) is 16.2. The first-order valence-corrected chi connectivity index (χ1v) is 11.8. The second kappa shape index (κ2) is 8.17. The highest BCUT2D eigenvalue weighted by Crippen LogP contribution is 2.39. The van der Waals surface area contributed by atoms with Crippen LogP contribution in [0.4, 0.5) is 4.39 Å². The van der Waals surface area contributed by atoms with Gasteiger partial charge in [-0.3, -0.25) is 4.57 Å². The number of benzene rings is 1. The van der Waals surface area contributed by atoms with Crippen molar-refractivity contribution in [3.05, 3.63) is 50.4 Å². The van der Waals surface area contributed by atoms with Crippen molar-refractivity contribution in [1.29, 1.82) is 0 Å². The quantitative estimate of drug-likeness (QED) is 0.413. The summed E-state index contributed by atoms with van der Waals surface area (Å²) in [7, 11) is 0. The monoisotopic (exact) mass is 435 g/mol. The Bertz CT molecular complexity index is 996. The molecule has 0 saturated carbocycles. The molecule has 0 amide bonds. The van der Waals surface area contributed by atoms with Crippen LogP contribution in [0, 0.1) is 11.7 Å². The fraction of sp³-hybridized carbons (Fsp3) is 0.429. The summed E-state index contributed by atoms with van der Waals surface area (Å²) in [6, 6.07) is 4.78. The molecule has 3 aromatic rings. The van der Waals surface area contributed by atoms with Crippen molar-refractivity contribution >= 4 is 34.7 Å². The van der Waals surface area contributed by atoms with Crippen molar-refractivity contribution in [2.75, 3.05) is 0 Å². The number of thiophene rings is 1. The molecule has 2 aromatic heterocycles. The van der Waals surface area contributed by atoms with Crippen molar-refractivity contribution in [1.82, 2.24) is 14.8 Å². The molecule has 1 aliphatic rings. The van der Waals surface area contributed by atoms with Gasteiger partial charge in [-0.15, -0.1) is 21.5 Å². The molecule has 1 aliphatic carbocycles. The minimum absolute atomic E-state index is 0.245. The lowest BCUT2D eigenvalue weighted by atomic mass is 9.88. The van der Waals surface area contributed by atoms with Crippen LogP contribution < -0.4 is 0 Å². The topological polar surface area (TPSA) is 30.7 Å². The van der Waals surface area contributed by atoms with Gasteiger partial charge in [0.1, 0.15) is 5.82 Å². The van der Waals surface area contributed by atoms with E-state index in [1.165, 1.54) is 41.0 Å². The van der Waals surface area contributed by atoms with E-state index in [0.717, 1.165) is 28.9 Å². The summed E-state index contributed by atoms with van der Waals surface area (Å²) in [5, 5.41) is 12.6. The second-order valence-corrected chi connectivity index (χ2v) is 10.0. The summed E-state index contributed by atoms with van der Waals surface area (Å²) in [6.07, 6.45) is 3.52. The summed E-state index contributed by atoms with van der Waals surface area (Å²) in [6.45, 7) is 6.64. The molecule has 0 N–H and O–H groups in total. The van der Waals surface area contributed by atoms with E-state index in [2.05, 4.69) is 40.9 Å². The molecule has 28 heavy (non-hydrogen) atoms. The normalized spacial score (nSPS) is 16.6. The highest BCUT2D eigenvalue weighted by atomic mass is 35.5. The summed E-state index contributed by atoms with van der Waals surface area (Å²) < 4.78 is 15.5. The molecule has 0 spiro atoms. The van der Waals surface area contributed by atoms with E-state index in [1.807, 2.05) is 11.3 Å². The molecule has 0 aliphatic heterocycles. The molecule has 7 heteroatoms. The van der Waals surface area contributed by atoms with Crippen molar-refractivity contribution in [3.8, 4) is 11.4 Å². The molecule has 0 fully saturated rings. The molecular formula is C21H23ClFN3S2. The van der Waals surface area contributed by atoms with Gasteiger partial charge in [0.05, 0.1) is 0 Å². The van der Waals surface area contributed by atoms with E-state index in [9.17, 15) is 4.39 Å². The van der Waals surface area contributed by atoms with Gasteiger partial charge in [-0.2, -0.15) is 0 Å². The van der Waals surface area contributed by atoms with Gasteiger partial charge in [0, 0.05) is 32.6 Å². The molecular weight excluding hydrogens is 413 g/mol. The molecule has 4 rings (SSSR count). The molecule has 0 bridgehead atoms. The van der Waals surface area contributed by atoms with E-state index in [-0.39, 0.29) is 11.9 Å². The fourth-order valence-corrected chi connectivity index (χ4v) is 6.30. The minimum atomic E-state index is -0.317. The van der Waals surface area contributed by atoms with Crippen molar-refractivity contribution in [2.45, 2.75) is 57.0 Å². The largest absolute Gasteiger partial charge is 0.299 e. The highest BCUT2D eigenvalue weighted by Gasteiger charge is 2.25. The van der Waals surface area contributed by atoms with Crippen LogP contribution >= 0.6 is 34.7 Å². The van der Waals surface area contributed by atoms with Crippen molar-refractivity contribution in [3.63, 3.8) is 0 Å². The molecule has 1 unspecified atom stereocenters. The SMILES string of the molecule is CC1CCc2c(-c3nnc(SCc4ccc(F)cc4Cl)n3C(C)C)csc2C1. The predicted molar refractivity (Wildman–Crippen MR) is 116 cm³/mol. The number of hydrogen-bond donors (Lipinski definition) is 0. The Hall–Kier alpha value is -1.37. The Morgan fingerprint density at radius 3 is 2.93 bits per heavy atom. The number of thioether (sulfide) groups is 1. The lowest BCUT2D eigenvalue weighted by Crippen LogP contribution is -2.10. The van der Waals surface area contributed by atoms with Crippen LogP contribution in [0.3, 0.4) is 0 Å². The summed E-state index contributed by atoms with van der Waals surface area (Å²) in [5.74, 6) is 2.02. The fourth-order valence-electron chi connectivity index (χ4n) is 3.67. The third-order valence-electron chi connectivity index (χ3n) is 5.20. The Labute approximate surface area is 178 Å². The number of rotatable bonds is 5. The van der Waals surface area contributed by atoms with E-state index in [1.54, 1.807) is 17.8 Å². The third-order valence-corrected chi connectivity index (χ3v) is 7.59. The van der Waals surface area contributed by atoms with E-state index in [4.69, 9.17) is 11.6 Å².